The minimum absolute atomic E-state index is 0.0376. The van der Waals surface area contributed by atoms with Crippen LogP contribution in [0.25, 0.3) is 10.9 Å². The summed E-state index contributed by atoms with van der Waals surface area (Å²) in [7, 11) is 0. The minimum atomic E-state index is -1.47. The molecule has 13 heteroatoms. The van der Waals surface area contributed by atoms with Crippen molar-refractivity contribution in [1.29, 1.82) is 0 Å². The molecule has 2 aromatic carbocycles. The first-order valence-electron chi connectivity index (χ1n) is 18.4. The van der Waals surface area contributed by atoms with Crippen LogP contribution in [0.5, 0.6) is 0 Å². The molecule has 0 spiro atoms. The summed E-state index contributed by atoms with van der Waals surface area (Å²) >= 11 is 13.0. The van der Waals surface area contributed by atoms with Gasteiger partial charge in [-0.2, -0.15) is 0 Å². The number of halogens is 2. The fraction of sp³-hybridized carbons (Fsp3) is 0.538. The maximum absolute atomic E-state index is 14.7. The molecular weight excluding hydrogens is 705 g/mol. The third-order valence-electron chi connectivity index (χ3n) is 10.8. The molecule has 5 rings (SSSR count). The molecule has 5 atom stereocenters. The van der Waals surface area contributed by atoms with E-state index in [2.05, 4.69) is 26.3 Å². The summed E-state index contributed by atoms with van der Waals surface area (Å²) in [6.07, 6.45) is 2.96. The highest BCUT2D eigenvalue weighted by Crippen LogP contribution is 2.38. The molecule has 1 aliphatic heterocycles. The second-order valence-corrected chi connectivity index (χ2v) is 15.2. The summed E-state index contributed by atoms with van der Waals surface area (Å²) in [6, 6.07) is 10.9. The summed E-state index contributed by atoms with van der Waals surface area (Å²) < 4.78 is 10.9. The second kappa shape index (κ2) is 17.8. The quantitative estimate of drug-likeness (QED) is 0.132. The minimum Gasteiger partial charge on any atom is -0.445 e. The van der Waals surface area contributed by atoms with E-state index in [1.807, 2.05) is 58.0 Å². The lowest BCUT2D eigenvalue weighted by Crippen LogP contribution is -2.67. The number of hydrogen-bond acceptors (Lipinski definition) is 6. The molecule has 1 saturated heterocycles. The molecular formula is C39H51Cl2N5O6. The van der Waals surface area contributed by atoms with Crippen LogP contribution in [-0.2, 0) is 43.3 Å². The van der Waals surface area contributed by atoms with Gasteiger partial charge in [-0.15, -0.1) is 0 Å². The van der Waals surface area contributed by atoms with E-state index in [1.54, 1.807) is 12.1 Å². The Bertz CT molecular complexity index is 1730. The Morgan fingerprint density at radius 3 is 2.31 bits per heavy atom. The van der Waals surface area contributed by atoms with Crippen molar-refractivity contribution < 1.29 is 28.7 Å². The predicted molar refractivity (Wildman–Crippen MR) is 202 cm³/mol. The van der Waals surface area contributed by atoms with Gasteiger partial charge in [0, 0.05) is 42.3 Å². The van der Waals surface area contributed by atoms with Crippen molar-refractivity contribution in [2.24, 2.45) is 17.8 Å². The number of carbonyl (C=O) groups excluding carboxylic acids is 4. The normalized spacial score (nSPS) is 19.8. The summed E-state index contributed by atoms with van der Waals surface area (Å²) in [5.41, 5.74) is 1.74. The maximum atomic E-state index is 14.7. The monoisotopic (exact) mass is 755 g/mol. The molecule has 2 unspecified atom stereocenters. The zero-order chi connectivity index (χ0) is 37.4. The van der Waals surface area contributed by atoms with Crippen LogP contribution in [0.4, 0.5) is 4.79 Å². The molecule has 1 aliphatic carbocycles. The van der Waals surface area contributed by atoms with Gasteiger partial charge in [0.15, 0.2) is 0 Å². The number of fused-ring (bicyclic) bond motifs is 3. The smallest absolute Gasteiger partial charge is 0.408 e. The Hall–Kier alpha value is -3.80. The molecule has 11 nitrogen and oxygen atoms in total. The van der Waals surface area contributed by atoms with E-state index in [1.165, 1.54) is 0 Å². The molecule has 282 valence electrons. The number of hydrogen-bond donors (Lipinski definition) is 5. The second-order valence-electron chi connectivity index (χ2n) is 14.3. The Morgan fingerprint density at radius 1 is 0.962 bits per heavy atom. The number of rotatable bonds is 14. The predicted octanol–water partition coefficient (Wildman–Crippen LogP) is 6.23. The molecule has 1 fully saturated rings. The molecule has 5 N–H and O–H groups in total. The van der Waals surface area contributed by atoms with Crippen LogP contribution in [-0.4, -0.2) is 66.2 Å². The van der Waals surface area contributed by atoms with Crippen molar-refractivity contribution in [3.63, 3.8) is 0 Å². The lowest BCUT2D eigenvalue weighted by Gasteiger charge is -2.39. The molecule has 0 bridgehead atoms. The summed E-state index contributed by atoms with van der Waals surface area (Å²) in [5, 5.41) is 13.6. The van der Waals surface area contributed by atoms with Crippen molar-refractivity contribution >= 4 is 57.9 Å². The van der Waals surface area contributed by atoms with Crippen LogP contribution in [0.1, 0.15) is 76.6 Å². The van der Waals surface area contributed by atoms with E-state index >= 15 is 0 Å². The lowest BCUT2D eigenvalue weighted by atomic mass is 9.78. The number of alkyl carbamates (subject to hydrolysis) is 1. The van der Waals surface area contributed by atoms with Gasteiger partial charge in [-0.25, -0.2) is 4.79 Å². The highest BCUT2D eigenvalue weighted by molar-refractivity contribution is 6.38. The number of ether oxygens (including phenoxy) is 2. The number of carbonyl (C=O) groups is 4. The Kier molecular flexibility index (Phi) is 13.5. The van der Waals surface area contributed by atoms with E-state index < -0.39 is 35.5 Å². The van der Waals surface area contributed by atoms with Crippen LogP contribution >= 0.6 is 23.2 Å². The van der Waals surface area contributed by atoms with Crippen LogP contribution in [0.3, 0.4) is 0 Å². The highest BCUT2D eigenvalue weighted by Gasteiger charge is 2.47. The van der Waals surface area contributed by atoms with Crippen molar-refractivity contribution in [3.05, 3.63) is 69.3 Å². The molecule has 2 aliphatic rings. The number of nitrogens with one attached hydrogen (secondary N) is 5. The Balaban J connectivity index is 1.43. The molecule has 3 aromatic rings. The van der Waals surface area contributed by atoms with Crippen LogP contribution in [0.15, 0.2) is 42.5 Å². The first-order chi connectivity index (χ1) is 24.9. The largest absolute Gasteiger partial charge is 0.445 e. The Labute approximate surface area is 315 Å². The van der Waals surface area contributed by atoms with Crippen molar-refractivity contribution in [2.75, 3.05) is 19.8 Å². The van der Waals surface area contributed by atoms with E-state index in [0.29, 0.717) is 60.5 Å². The molecule has 4 amide bonds. The SMILES string of the molecule is CCC(C)C(NC(=O)OCc1ccccc1)C(=O)N[C@@]1(C(=O)N[C@H](C(=O)NCC2CCOCC2)[C@@H](C)CC)CCc2[nH]c3c(Cl)cc(Cl)cc3c2C1. The van der Waals surface area contributed by atoms with Gasteiger partial charge in [0.2, 0.25) is 17.7 Å². The molecule has 52 heavy (non-hydrogen) atoms. The van der Waals surface area contributed by atoms with Gasteiger partial charge in [-0.3, -0.25) is 14.4 Å². The average Bonchev–Trinajstić information content (AvgIpc) is 3.51. The topological polar surface area (TPSA) is 151 Å². The zero-order valence-corrected chi connectivity index (χ0v) is 31.9. The first-order valence-corrected chi connectivity index (χ1v) is 19.1. The first kappa shape index (κ1) is 39.4. The summed E-state index contributed by atoms with van der Waals surface area (Å²) in [4.78, 5) is 59.2. The van der Waals surface area contributed by atoms with Crippen molar-refractivity contribution in [3.8, 4) is 0 Å². The highest BCUT2D eigenvalue weighted by atomic mass is 35.5. The summed E-state index contributed by atoms with van der Waals surface area (Å²) in [6.45, 7) is 9.54. The van der Waals surface area contributed by atoms with Gasteiger partial charge < -0.3 is 35.7 Å². The zero-order valence-electron chi connectivity index (χ0n) is 30.4. The Morgan fingerprint density at radius 2 is 1.63 bits per heavy atom. The van der Waals surface area contributed by atoms with E-state index in [4.69, 9.17) is 32.7 Å². The van der Waals surface area contributed by atoms with E-state index in [9.17, 15) is 19.2 Å². The molecule has 0 radical (unpaired) electrons. The molecule has 1 aromatic heterocycles. The van der Waals surface area contributed by atoms with Crippen molar-refractivity contribution in [2.45, 2.75) is 96.9 Å². The van der Waals surface area contributed by atoms with Gasteiger partial charge in [0.25, 0.3) is 0 Å². The maximum Gasteiger partial charge on any atom is 0.408 e. The number of benzene rings is 2. The molecule has 0 saturated carbocycles. The van der Waals surface area contributed by atoms with Gasteiger partial charge in [0.05, 0.1) is 10.5 Å². The van der Waals surface area contributed by atoms with Gasteiger partial charge >= 0.3 is 6.09 Å². The molecule has 2 heterocycles. The number of amides is 4. The third kappa shape index (κ3) is 9.40. The summed E-state index contributed by atoms with van der Waals surface area (Å²) in [5.74, 6) is -1.45. The number of H-pyrrole nitrogens is 1. The number of aromatic amines is 1. The van der Waals surface area contributed by atoms with E-state index in [-0.39, 0.29) is 37.2 Å². The standard InChI is InChI=1S/C39H51Cl2N5O6/c1-5-23(3)32(35(47)42-21-25-13-16-51-17-14-25)44-37(49)39(15-12-31-29(20-39)28-18-27(40)19-30(41)34(28)43-31)46-36(48)33(24(4)6-2)45-38(50)52-22-26-10-8-7-9-11-26/h7-11,18-19,23-25,32-33,43H,5-6,12-17,20-22H2,1-4H3,(H,42,47)(H,44,49)(H,45,50)(H,46,48)/t23-,24?,32-,33?,39-/m0/s1. The van der Waals surface area contributed by atoms with Gasteiger partial charge in [-0.1, -0.05) is 94.1 Å². The number of aryl methyl sites for hydroxylation is 1. The average molecular weight is 757 g/mol. The lowest BCUT2D eigenvalue weighted by molar-refractivity contribution is -0.138. The van der Waals surface area contributed by atoms with Crippen molar-refractivity contribution in [1.82, 2.24) is 26.3 Å². The van der Waals surface area contributed by atoms with Gasteiger partial charge in [-0.05, 0) is 66.7 Å². The van der Waals surface area contributed by atoms with Crippen LogP contribution in [0, 0.1) is 17.8 Å². The fourth-order valence-corrected chi connectivity index (χ4v) is 7.56. The van der Waals surface area contributed by atoms with Crippen LogP contribution < -0.4 is 21.3 Å². The number of aromatic nitrogens is 1. The van der Waals surface area contributed by atoms with E-state index in [0.717, 1.165) is 35.0 Å². The van der Waals surface area contributed by atoms with Gasteiger partial charge in [0.1, 0.15) is 24.2 Å². The van der Waals surface area contributed by atoms with Crippen LogP contribution in [0.2, 0.25) is 10.0 Å². The fourth-order valence-electron chi connectivity index (χ4n) is 7.02. The third-order valence-corrected chi connectivity index (χ3v) is 11.3.